The number of hydrogen-bond donors (Lipinski definition) is 0. The molecule has 34 heavy (non-hydrogen) atoms. The lowest BCUT2D eigenvalue weighted by Crippen LogP contribution is -2.38. The molecule has 1 aliphatic heterocycles. The number of rotatable bonds is 10. The van der Waals surface area contributed by atoms with Crippen LogP contribution in [-0.4, -0.2) is 25.6 Å². The summed E-state index contributed by atoms with van der Waals surface area (Å²) < 4.78 is 9.59. The van der Waals surface area contributed by atoms with E-state index in [2.05, 4.69) is 0 Å². The van der Waals surface area contributed by atoms with Crippen LogP contribution in [0.5, 0.6) is 5.75 Å². The predicted octanol–water partition coefficient (Wildman–Crippen LogP) is 5.96. The second-order valence-corrected chi connectivity index (χ2v) is 9.53. The van der Waals surface area contributed by atoms with Gasteiger partial charge in [-0.3, -0.25) is 9.59 Å². The highest BCUT2D eigenvalue weighted by Gasteiger charge is 2.51. The third-order valence-electron chi connectivity index (χ3n) is 5.97. The first-order valence-electron chi connectivity index (χ1n) is 11.5. The molecule has 1 atom stereocenters. The van der Waals surface area contributed by atoms with Gasteiger partial charge in [0.05, 0.1) is 20.3 Å². The van der Waals surface area contributed by atoms with Crippen molar-refractivity contribution in [2.75, 3.05) is 18.6 Å². The highest BCUT2D eigenvalue weighted by molar-refractivity contribution is 8.01. The Morgan fingerprint density at radius 2 is 1.68 bits per heavy atom. The van der Waals surface area contributed by atoms with Crippen LogP contribution in [0.3, 0.4) is 0 Å². The molecule has 1 aliphatic rings. The molecule has 5 nitrogen and oxygen atoms in total. The lowest BCUT2D eigenvalue weighted by molar-refractivity contribution is -0.143. The van der Waals surface area contributed by atoms with Crippen molar-refractivity contribution >= 4 is 29.3 Å². The first-order chi connectivity index (χ1) is 16.6. The van der Waals surface area contributed by atoms with E-state index in [-0.39, 0.29) is 11.9 Å². The fraction of sp³-hybridized carbons (Fsp3) is 0.286. The Hall–Kier alpha value is -3.25. The molecular formula is C28H29NO4S. The smallest absolute Gasteiger partial charge is 0.305 e. The van der Waals surface area contributed by atoms with Crippen LogP contribution in [0.25, 0.3) is 0 Å². The van der Waals surface area contributed by atoms with Gasteiger partial charge in [0, 0.05) is 22.6 Å². The number of hydrogen-bond acceptors (Lipinski definition) is 5. The van der Waals surface area contributed by atoms with Crippen molar-refractivity contribution in [1.82, 2.24) is 0 Å². The summed E-state index contributed by atoms with van der Waals surface area (Å²) in [4.78, 5) is 29.1. The highest BCUT2D eigenvalue weighted by Crippen LogP contribution is 2.54. The Labute approximate surface area is 205 Å². The Kier molecular flexibility index (Phi) is 7.58. The summed E-state index contributed by atoms with van der Waals surface area (Å²) in [6, 6.07) is 25.8. The van der Waals surface area contributed by atoms with E-state index in [1.165, 1.54) is 0 Å². The van der Waals surface area contributed by atoms with E-state index in [0.29, 0.717) is 32.4 Å². The number of methoxy groups -OCH3 is 1. The molecule has 0 aliphatic carbocycles. The average molecular weight is 476 g/mol. The number of para-hydroxylation sites is 1. The van der Waals surface area contributed by atoms with Crippen molar-refractivity contribution in [3.63, 3.8) is 0 Å². The molecule has 0 N–H and O–H groups in total. The summed E-state index contributed by atoms with van der Waals surface area (Å²) >= 11 is 1.57. The standard InChI is InChI=1S/C28H29NO4S/c1-3-33-26(30)14-9-19-28(34-23-10-5-4-6-11-23)24-12-7-8-13-25(24)29(27(28)31)20-21-15-17-22(32-2)18-16-21/h4-8,10-13,15-18H,3,9,14,19-20H2,1-2H3. The van der Waals surface area contributed by atoms with Gasteiger partial charge in [0.25, 0.3) is 0 Å². The lowest BCUT2D eigenvalue weighted by Gasteiger charge is -2.28. The van der Waals surface area contributed by atoms with Crippen LogP contribution >= 0.6 is 11.8 Å². The van der Waals surface area contributed by atoms with E-state index in [0.717, 1.165) is 27.5 Å². The molecule has 1 heterocycles. The lowest BCUT2D eigenvalue weighted by atomic mass is 9.93. The van der Waals surface area contributed by atoms with Crippen LogP contribution in [-0.2, 0) is 25.6 Å². The van der Waals surface area contributed by atoms with Crippen molar-refractivity contribution < 1.29 is 19.1 Å². The third-order valence-corrected chi connectivity index (χ3v) is 7.43. The molecule has 6 heteroatoms. The maximum Gasteiger partial charge on any atom is 0.305 e. The van der Waals surface area contributed by atoms with Gasteiger partial charge < -0.3 is 14.4 Å². The number of fused-ring (bicyclic) bond motifs is 1. The van der Waals surface area contributed by atoms with E-state index in [4.69, 9.17) is 9.47 Å². The largest absolute Gasteiger partial charge is 0.497 e. The molecule has 3 aromatic carbocycles. The van der Waals surface area contributed by atoms with Gasteiger partial charge in [0.15, 0.2) is 0 Å². The molecular weight excluding hydrogens is 446 g/mol. The summed E-state index contributed by atoms with van der Waals surface area (Å²) in [5.74, 6) is 0.600. The zero-order chi connectivity index (χ0) is 24.0. The second-order valence-electron chi connectivity index (χ2n) is 8.16. The number of carbonyl (C=O) groups is 2. The minimum absolute atomic E-state index is 0.0437. The number of ether oxygens (including phenoxy) is 2. The van der Waals surface area contributed by atoms with Crippen LogP contribution in [0.1, 0.15) is 37.3 Å². The minimum atomic E-state index is -0.809. The first-order valence-corrected chi connectivity index (χ1v) is 12.3. The van der Waals surface area contributed by atoms with E-state index < -0.39 is 4.75 Å². The number of carbonyl (C=O) groups excluding carboxylic acids is 2. The van der Waals surface area contributed by atoms with E-state index in [1.807, 2.05) is 83.8 Å². The topological polar surface area (TPSA) is 55.8 Å². The summed E-state index contributed by atoms with van der Waals surface area (Å²) in [6.07, 6.45) is 1.40. The van der Waals surface area contributed by atoms with Crippen LogP contribution < -0.4 is 9.64 Å². The van der Waals surface area contributed by atoms with Gasteiger partial charge >= 0.3 is 5.97 Å². The molecule has 176 valence electrons. The van der Waals surface area contributed by atoms with Gasteiger partial charge in [0.2, 0.25) is 5.91 Å². The summed E-state index contributed by atoms with van der Waals surface area (Å²) in [6.45, 7) is 2.63. The highest BCUT2D eigenvalue weighted by atomic mass is 32.2. The number of amides is 1. The molecule has 4 rings (SSSR count). The number of benzene rings is 3. The Balaban J connectivity index is 1.68. The Morgan fingerprint density at radius 3 is 2.38 bits per heavy atom. The van der Waals surface area contributed by atoms with Crippen molar-refractivity contribution in [1.29, 1.82) is 0 Å². The monoisotopic (exact) mass is 475 g/mol. The molecule has 3 aromatic rings. The number of esters is 1. The molecule has 0 bridgehead atoms. The minimum Gasteiger partial charge on any atom is -0.497 e. The van der Waals surface area contributed by atoms with E-state index >= 15 is 0 Å². The van der Waals surface area contributed by atoms with Gasteiger partial charge in [-0.2, -0.15) is 0 Å². The molecule has 0 saturated carbocycles. The van der Waals surface area contributed by atoms with Crippen molar-refractivity contribution in [2.45, 2.75) is 42.4 Å². The maximum atomic E-state index is 14.2. The predicted molar refractivity (Wildman–Crippen MR) is 135 cm³/mol. The van der Waals surface area contributed by atoms with Gasteiger partial charge in [-0.25, -0.2) is 0 Å². The Morgan fingerprint density at radius 1 is 0.971 bits per heavy atom. The molecule has 0 saturated heterocycles. The quantitative estimate of drug-likeness (QED) is 0.339. The molecule has 0 radical (unpaired) electrons. The van der Waals surface area contributed by atoms with E-state index in [1.54, 1.807) is 25.8 Å². The third kappa shape index (κ3) is 4.97. The van der Waals surface area contributed by atoms with Crippen molar-refractivity contribution in [2.24, 2.45) is 0 Å². The number of anilines is 1. The van der Waals surface area contributed by atoms with E-state index in [9.17, 15) is 9.59 Å². The van der Waals surface area contributed by atoms with Gasteiger partial charge in [-0.1, -0.05) is 48.5 Å². The molecule has 1 amide bonds. The second kappa shape index (κ2) is 10.8. The van der Waals surface area contributed by atoms with Gasteiger partial charge in [0.1, 0.15) is 10.5 Å². The van der Waals surface area contributed by atoms with Gasteiger partial charge in [-0.15, -0.1) is 11.8 Å². The SMILES string of the molecule is CCOC(=O)CCCC1(Sc2ccccc2)C(=O)N(Cc2ccc(OC)cc2)c2ccccc21. The maximum absolute atomic E-state index is 14.2. The molecule has 0 spiro atoms. The molecule has 0 aromatic heterocycles. The zero-order valence-corrected chi connectivity index (χ0v) is 20.3. The summed E-state index contributed by atoms with van der Waals surface area (Å²) in [5.41, 5.74) is 2.94. The van der Waals surface area contributed by atoms with Crippen molar-refractivity contribution in [3.05, 3.63) is 90.0 Å². The van der Waals surface area contributed by atoms with Crippen LogP contribution in [0.2, 0.25) is 0 Å². The van der Waals surface area contributed by atoms with Crippen LogP contribution in [0.4, 0.5) is 5.69 Å². The summed E-state index contributed by atoms with van der Waals surface area (Å²) in [5, 5.41) is 0. The normalized spacial score (nSPS) is 16.9. The van der Waals surface area contributed by atoms with Gasteiger partial charge in [-0.05, 0) is 55.7 Å². The fourth-order valence-electron chi connectivity index (χ4n) is 4.36. The average Bonchev–Trinajstić information content (AvgIpc) is 3.08. The van der Waals surface area contributed by atoms with Crippen LogP contribution in [0.15, 0.2) is 83.8 Å². The zero-order valence-electron chi connectivity index (χ0n) is 19.5. The van der Waals surface area contributed by atoms with Crippen molar-refractivity contribution in [3.8, 4) is 5.75 Å². The first kappa shape index (κ1) is 23.9. The Bertz CT molecular complexity index is 1130. The number of thioether (sulfide) groups is 1. The molecule has 1 unspecified atom stereocenters. The fourth-order valence-corrected chi connectivity index (χ4v) is 5.78. The van der Waals surface area contributed by atoms with Crippen LogP contribution in [0, 0.1) is 0 Å². The summed E-state index contributed by atoms with van der Waals surface area (Å²) in [7, 11) is 1.64. The molecule has 0 fully saturated rings. The number of nitrogens with zero attached hydrogens (tertiary/aromatic N) is 1.